The van der Waals surface area contributed by atoms with Crippen molar-refractivity contribution in [1.29, 1.82) is 0 Å². The van der Waals surface area contributed by atoms with Crippen LogP contribution in [0.2, 0.25) is 10.0 Å². The summed E-state index contributed by atoms with van der Waals surface area (Å²) in [6, 6.07) is 18.0. The Hall–Kier alpha value is -2.60. The van der Waals surface area contributed by atoms with Gasteiger partial charge in [0.1, 0.15) is 0 Å². The van der Waals surface area contributed by atoms with E-state index in [1.165, 1.54) is 0 Å². The van der Waals surface area contributed by atoms with Gasteiger partial charge in [-0.2, -0.15) is 0 Å². The van der Waals surface area contributed by atoms with Crippen molar-refractivity contribution in [3.8, 4) is 5.88 Å². The van der Waals surface area contributed by atoms with Crippen molar-refractivity contribution < 1.29 is 9.63 Å². The number of nitrogens with zero attached hydrogens (tertiary/aromatic N) is 1. The SMILES string of the molecule is O=C(Nc1ccc(C2(NOc3cc(Cl)ccn3)CCC2)cc1)c1cccc(Cl)c1. The first-order chi connectivity index (χ1) is 14.0. The molecule has 1 fully saturated rings. The van der Waals surface area contributed by atoms with Gasteiger partial charge in [-0.05, 0) is 61.2 Å². The second kappa shape index (κ2) is 8.41. The first kappa shape index (κ1) is 19.7. The van der Waals surface area contributed by atoms with Crippen LogP contribution in [0.15, 0.2) is 66.9 Å². The molecule has 0 aliphatic heterocycles. The molecule has 0 atom stereocenters. The third kappa shape index (κ3) is 4.53. The van der Waals surface area contributed by atoms with E-state index in [2.05, 4.69) is 15.8 Å². The third-order valence-corrected chi connectivity index (χ3v) is 5.51. The molecular formula is C22H19Cl2N3O2. The molecule has 0 spiro atoms. The van der Waals surface area contributed by atoms with Crippen LogP contribution in [0.5, 0.6) is 5.88 Å². The predicted molar refractivity (Wildman–Crippen MR) is 114 cm³/mol. The van der Waals surface area contributed by atoms with E-state index in [4.69, 9.17) is 28.0 Å². The van der Waals surface area contributed by atoms with Crippen LogP contribution in [0.3, 0.4) is 0 Å². The highest BCUT2D eigenvalue weighted by Gasteiger charge is 2.39. The maximum Gasteiger partial charge on any atom is 0.255 e. The van der Waals surface area contributed by atoms with E-state index >= 15 is 0 Å². The van der Waals surface area contributed by atoms with Gasteiger partial charge in [-0.3, -0.25) is 4.79 Å². The molecule has 5 nitrogen and oxygen atoms in total. The number of halogens is 2. The van der Waals surface area contributed by atoms with Crippen molar-refractivity contribution in [2.75, 3.05) is 5.32 Å². The first-order valence-corrected chi connectivity index (χ1v) is 10.0. The molecule has 0 unspecified atom stereocenters. The molecule has 2 N–H and O–H groups in total. The lowest BCUT2D eigenvalue weighted by molar-refractivity contribution is 0.0259. The Kier molecular flexibility index (Phi) is 5.72. The number of hydroxylamine groups is 1. The van der Waals surface area contributed by atoms with E-state index in [1.807, 2.05) is 24.3 Å². The van der Waals surface area contributed by atoms with Crippen molar-refractivity contribution in [3.05, 3.63) is 88.0 Å². The van der Waals surface area contributed by atoms with Crippen LogP contribution in [0.4, 0.5) is 5.69 Å². The first-order valence-electron chi connectivity index (χ1n) is 9.27. The van der Waals surface area contributed by atoms with Gasteiger partial charge in [0.25, 0.3) is 5.91 Å². The summed E-state index contributed by atoms with van der Waals surface area (Å²) in [6.45, 7) is 0. The average Bonchev–Trinajstić information content (AvgIpc) is 2.68. The topological polar surface area (TPSA) is 63.2 Å². The highest BCUT2D eigenvalue weighted by Crippen LogP contribution is 2.41. The zero-order chi connectivity index (χ0) is 20.3. The van der Waals surface area contributed by atoms with Gasteiger partial charge in [0, 0.05) is 33.6 Å². The largest absolute Gasteiger partial charge is 0.387 e. The fourth-order valence-corrected chi connectivity index (χ4v) is 3.62. The van der Waals surface area contributed by atoms with E-state index in [-0.39, 0.29) is 11.4 Å². The highest BCUT2D eigenvalue weighted by molar-refractivity contribution is 6.31. The molecule has 1 heterocycles. The third-order valence-electron chi connectivity index (χ3n) is 5.04. The lowest BCUT2D eigenvalue weighted by Crippen LogP contribution is -2.49. The maximum absolute atomic E-state index is 12.4. The Bertz CT molecular complexity index is 1020. The summed E-state index contributed by atoms with van der Waals surface area (Å²) in [5, 5.41) is 3.99. The van der Waals surface area contributed by atoms with Gasteiger partial charge in [-0.15, -0.1) is 5.48 Å². The summed E-state index contributed by atoms with van der Waals surface area (Å²) >= 11 is 11.9. The Labute approximate surface area is 179 Å². The smallest absolute Gasteiger partial charge is 0.255 e. The lowest BCUT2D eigenvalue weighted by atomic mass is 9.72. The number of hydrogen-bond acceptors (Lipinski definition) is 4. The molecule has 148 valence electrons. The quantitative estimate of drug-likeness (QED) is 0.502. The second-order valence-corrected chi connectivity index (χ2v) is 7.87. The van der Waals surface area contributed by atoms with Gasteiger partial charge < -0.3 is 10.2 Å². The predicted octanol–water partition coefficient (Wildman–Crippen LogP) is 5.60. The maximum atomic E-state index is 12.4. The van der Waals surface area contributed by atoms with E-state index < -0.39 is 0 Å². The molecule has 1 aromatic heterocycles. The van der Waals surface area contributed by atoms with E-state index in [9.17, 15) is 4.79 Å². The molecule has 1 aliphatic carbocycles. The number of rotatable bonds is 6. The number of hydrogen-bond donors (Lipinski definition) is 2. The number of nitrogens with one attached hydrogen (secondary N) is 2. The van der Waals surface area contributed by atoms with E-state index in [1.54, 1.807) is 42.6 Å². The Morgan fingerprint density at radius 1 is 1.00 bits per heavy atom. The van der Waals surface area contributed by atoms with Crippen LogP contribution in [-0.2, 0) is 5.54 Å². The minimum absolute atomic E-state index is 0.202. The van der Waals surface area contributed by atoms with Crippen LogP contribution >= 0.6 is 23.2 Å². The zero-order valence-electron chi connectivity index (χ0n) is 15.5. The Morgan fingerprint density at radius 2 is 1.76 bits per heavy atom. The highest BCUT2D eigenvalue weighted by atomic mass is 35.5. The minimum Gasteiger partial charge on any atom is -0.387 e. The molecule has 1 amide bonds. The molecular weight excluding hydrogens is 409 g/mol. The van der Waals surface area contributed by atoms with Gasteiger partial charge in [-0.25, -0.2) is 4.98 Å². The van der Waals surface area contributed by atoms with Crippen LogP contribution in [0.25, 0.3) is 0 Å². The fraction of sp³-hybridized carbons (Fsp3) is 0.182. The number of anilines is 1. The van der Waals surface area contributed by atoms with Gasteiger partial charge in [-0.1, -0.05) is 41.4 Å². The summed E-state index contributed by atoms with van der Waals surface area (Å²) in [5.41, 5.74) is 5.20. The van der Waals surface area contributed by atoms with Crippen LogP contribution in [0.1, 0.15) is 35.2 Å². The molecule has 0 saturated heterocycles. The van der Waals surface area contributed by atoms with Gasteiger partial charge in [0.2, 0.25) is 5.88 Å². The molecule has 29 heavy (non-hydrogen) atoms. The van der Waals surface area contributed by atoms with Crippen molar-refractivity contribution in [2.24, 2.45) is 0 Å². The molecule has 0 bridgehead atoms. The number of benzene rings is 2. The van der Waals surface area contributed by atoms with Crippen LogP contribution in [0, 0.1) is 0 Å². The summed E-state index contributed by atoms with van der Waals surface area (Å²) in [7, 11) is 0. The molecule has 7 heteroatoms. The number of amides is 1. The molecule has 2 aromatic carbocycles. The molecule has 0 radical (unpaired) electrons. The number of pyridine rings is 1. The van der Waals surface area contributed by atoms with E-state index in [0.29, 0.717) is 27.2 Å². The van der Waals surface area contributed by atoms with Crippen molar-refractivity contribution in [1.82, 2.24) is 10.5 Å². The summed E-state index contributed by atoms with van der Waals surface area (Å²) in [5.74, 6) is 0.223. The van der Waals surface area contributed by atoms with Crippen molar-refractivity contribution in [2.45, 2.75) is 24.8 Å². The van der Waals surface area contributed by atoms with Crippen molar-refractivity contribution >= 4 is 34.8 Å². The lowest BCUT2D eigenvalue weighted by Gasteiger charge is -2.42. The molecule has 1 aliphatic rings. The Balaban J connectivity index is 1.44. The van der Waals surface area contributed by atoms with Gasteiger partial charge in [0.05, 0.1) is 5.54 Å². The van der Waals surface area contributed by atoms with Gasteiger partial charge >= 0.3 is 0 Å². The van der Waals surface area contributed by atoms with Gasteiger partial charge in [0.15, 0.2) is 0 Å². The summed E-state index contributed by atoms with van der Waals surface area (Å²) in [4.78, 5) is 22.2. The van der Waals surface area contributed by atoms with Crippen LogP contribution < -0.4 is 15.6 Å². The monoisotopic (exact) mass is 427 g/mol. The average molecular weight is 428 g/mol. The summed E-state index contributed by atoms with van der Waals surface area (Å²) < 4.78 is 0. The second-order valence-electron chi connectivity index (χ2n) is 6.99. The number of aromatic nitrogens is 1. The van der Waals surface area contributed by atoms with Crippen molar-refractivity contribution in [3.63, 3.8) is 0 Å². The number of carbonyl (C=O) groups excluding carboxylic acids is 1. The minimum atomic E-state index is -0.278. The van der Waals surface area contributed by atoms with Crippen LogP contribution in [-0.4, -0.2) is 10.9 Å². The standard InChI is InChI=1S/C22H19Cl2N3O2/c23-17-4-1-3-15(13-17)21(28)26-19-7-5-16(6-8-19)22(10-2-11-22)27-29-20-14-18(24)9-12-25-20/h1,3-9,12-14,27H,2,10-11H2,(H,26,28). The summed E-state index contributed by atoms with van der Waals surface area (Å²) in [6.07, 6.45) is 4.60. The number of carbonyl (C=O) groups is 1. The molecule has 4 rings (SSSR count). The normalized spacial score (nSPS) is 14.7. The Morgan fingerprint density at radius 3 is 2.41 bits per heavy atom. The van der Waals surface area contributed by atoms with E-state index in [0.717, 1.165) is 24.8 Å². The zero-order valence-corrected chi connectivity index (χ0v) is 17.0. The molecule has 3 aromatic rings. The fourth-order valence-electron chi connectivity index (χ4n) is 3.28. The molecule has 1 saturated carbocycles.